The standard InChI is InChI=1S/C66H128O17P2/c1-6-9-12-15-18-20-22-23-24-25-26-27-28-29-31-36-42-47-52-66(71)83-62(56-77-64(69)50-45-40-37-32-34-38-43-48-59(4)5)58-81-85(74,75)79-54-60(67)53-78-84(72,73)80-57-61(55-76-63(68)49-44-39-33-17-14-11-8-3)82-65(70)51-46-41-35-30-21-19-16-13-10-7-2/h59-62,67H,6-58H2,1-5H3,(H,72,73)(H,74,75)/t60-,61+,62+/m0/s1. The summed E-state index contributed by atoms with van der Waals surface area (Å²) in [4.78, 5) is 72.1. The monoisotopic (exact) mass is 1250 g/mol. The molecule has 0 aromatic carbocycles. The number of rotatable bonds is 66. The maximum Gasteiger partial charge on any atom is 0.472 e. The number of aliphatic hydroxyl groups is 1. The Morgan fingerprint density at radius 1 is 0.318 bits per heavy atom. The summed E-state index contributed by atoms with van der Waals surface area (Å²) in [5, 5.41) is 10.5. The Labute approximate surface area is 517 Å². The lowest BCUT2D eigenvalue weighted by Gasteiger charge is -2.21. The van der Waals surface area contributed by atoms with Gasteiger partial charge in [-0.25, -0.2) is 9.13 Å². The Bertz CT molecular complexity index is 1650. The number of carbonyl (C=O) groups is 4. The lowest BCUT2D eigenvalue weighted by Crippen LogP contribution is -2.30. The van der Waals surface area contributed by atoms with Gasteiger partial charge in [-0.15, -0.1) is 0 Å². The van der Waals surface area contributed by atoms with E-state index >= 15 is 0 Å². The lowest BCUT2D eigenvalue weighted by molar-refractivity contribution is -0.161. The van der Waals surface area contributed by atoms with Crippen LogP contribution >= 0.6 is 15.6 Å². The summed E-state index contributed by atoms with van der Waals surface area (Å²) in [6, 6.07) is 0. The average molecular weight is 1260 g/mol. The van der Waals surface area contributed by atoms with E-state index in [0.29, 0.717) is 31.6 Å². The number of unbranched alkanes of at least 4 members (excludes halogenated alkanes) is 38. The smallest absolute Gasteiger partial charge is 0.462 e. The van der Waals surface area contributed by atoms with Gasteiger partial charge in [0.05, 0.1) is 26.4 Å². The van der Waals surface area contributed by atoms with Crippen molar-refractivity contribution in [2.75, 3.05) is 39.6 Å². The molecule has 0 aliphatic heterocycles. The van der Waals surface area contributed by atoms with Crippen molar-refractivity contribution in [3.63, 3.8) is 0 Å². The van der Waals surface area contributed by atoms with Crippen molar-refractivity contribution < 1.29 is 80.2 Å². The minimum absolute atomic E-state index is 0.106. The second-order valence-corrected chi connectivity index (χ2v) is 27.2. The molecule has 0 amide bonds. The molecule has 2 unspecified atom stereocenters. The van der Waals surface area contributed by atoms with Crippen molar-refractivity contribution in [2.45, 2.75) is 355 Å². The third-order valence-electron chi connectivity index (χ3n) is 15.3. The van der Waals surface area contributed by atoms with E-state index in [4.69, 9.17) is 37.0 Å². The Balaban J connectivity index is 5.16. The molecular formula is C66H128O17P2. The predicted molar refractivity (Wildman–Crippen MR) is 340 cm³/mol. The van der Waals surface area contributed by atoms with Gasteiger partial charge in [-0.1, -0.05) is 285 Å². The van der Waals surface area contributed by atoms with Gasteiger partial charge in [-0.05, 0) is 31.6 Å². The highest BCUT2D eigenvalue weighted by Gasteiger charge is 2.30. The normalized spacial score (nSPS) is 14.2. The molecule has 0 aliphatic rings. The number of carbonyl (C=O) groups excluding carboxylic acids is 4. The Hall–Kier alpha value is -1.94. The largest absolute Gasteiger partial charge is 0.472 e. The highest BCUT2D eigenvalue weighted by molar-refractivity contribution is 7.47. The SMILES string of the molecule is CCCCCCCCCCCCCCCCCCCCC(=O)O[C@H](COC(=O)CCCCCCCCCC(C)C)COP(=O)(O)OC[C@@H](O)COP(=O)(O)OC[C@@H](COC(=O)CCCCCCCCC)OC(=O)CCCCCCCCCCCC. The lowest BCUT2D eigenvalue weighted by atomic mass is 10.0. The Morgan fingerprint density at radius 3 is 0.800 bits per heavy atom. The van der Waals surface area contributed by atoms with Crippen LogP contribution in [-0.4, -0.2) is 96.7 Å². The maximum absolute atomic E-state index is 13.0. The molecule has 0 aromatic heterocycles. The molecule has 0 spiro atoms. The first-order valence-corrected chi connectivity index (χ1v) is 37.6. The van der Waals surface area contributed by atoms with Crippen molar-refractivity contribution in [2.24, 2.45) is 5.92 Å². The van der Waals surface area contributed by atoms with Crippen molar-refractivity contribution in [3.05, 3.63) is 0 Å². The molecule has 0 bridgehead atoms. The summed E-state index contributed by atoms with van der Waals surface area (Å²) in [6.45, 7) is 7.11. The second-order valence-electron chi connectivity index (χ2n) is 24.3. The third kappa shape index (κ3) is 60.7. The van der Waals surface area contributed by atoms with Gasteiger partial charge in [-0.2, -0.15) is 0 Å². The molecule has 504 valence electrons. The molecular weight excluding hydrogens is 1130 g/mol. The van der Waals surface area contributed by atoms with Gasteiger partial charge < -0.3 is 33.8 Å². The van der Waals surface area contributed by atoms with Crippen LogP contribution in [0.2, 0.25) is 0 Å². The fourth-order valence-corrected chi connectivity index (χ4v) is 11.5. The van der Waals surface area contributed by atoms with E-state index < -0.39 is 97.5 Å². The van der Waals surface area contributed by atoms with E-state index in [1.165, 1.54) is 141 Å². The Kier molecular flexibility index (Phi) is 58.3. The van der Waals surface area contributed by atoms with E-state index in [1.807, 2.05) is 0 Å². The highest BCUT2D eigenvalue weighted by Crippen LogP contribution is 2.45. The van der Waals surface area contributed by atoms with E-state index in [2.05, 4.69) is 34.6 Å². The van der Waals surface area contributed by atoms with Crippen LogP contribution in [0.3, 0.4) is 0 Å². The van der Waals surface area contributed by atoms with Crippen LogP contribution in [-0.2, 0) is 65.4 Å². The average Bonchev–Trinajstić information content (AvgIpc) is 3.60. The molecule has 3 N–H and O–H groups in total. The zero-order chi connectivity index (χ0) is 62.8. The third-order valence-corrected chi connectivity index (χ3v) is 17.2. The van der Waals surface area contributed by atoms with Gasteiger partial charge in [0, 0.05) is 25.7 Å². The summed E-state index contributed by atoms with van der Waals surface area (Å²) in [5.74, 6) is -1.43. The molecule has 0 heterocycles. The van der Waals surface area contributed by atoms with Gasteiger partial charge in [0.2, 0.25) is 0 Å². The summed E-state index contributed by atoms with van der Waals surface area (Å²) in [7, 11) is -9.88. The minimum atomic E-state index is -4.95. The van der Waals surface area contributed by atoms with Crippen molar-refractivity contribution in [1.29, 1.82) is 0 Å². The van der Waals surface area contributed by atoms with E-state index in [1.54, 1.807) is 0 Å². The van der Waals surface area contributed by atoms with Crippen LogP contribution in [0.1, 0.15) is 336 Å². The van der Waals surface area contributed by atoms with Crippen molar-refractivity contribution >= 4 is 39.5 Å². The highest BCUT2D eigenvalue weighted by atomic mass is 31.2. The molecule has 0 radical (unpaired) electrons. The molecule has 19 heteroatoms. The molecule has 0 rings (SSSR count). The zero-order valence-corrected chi connectivity index (χ0v) is 56.5. The molecule has 5 atom stereocenters. The number of phosphoric ester groups is 2. The quantitative estimate of drug-likeness (QED) is 0.0222. The first kappa shape index (κ1) is 83.1. The first-order chi connectivity index (χ1) is 41.0. The fourth-order valence-electron chi connectivity index (χ4n) is 9.94. The molecule has 17 nitrogen and oxygen atoms in total. The number of phosphoric acid groups is 2. The molecule has 0 saturated heterocycles. The van der Waals surface area contributed by atoms with E-state index in [-0.39, 0.29) is 25.7 Å². The number of ether oxygens (including phenoxy) is 4. The zero-order valence-electron chi connectivity index (χ0n) is 54.7. The predicted octanol–water partition coefficient (Wildman–Crippen LogP) is 18.6. The summed E-state index contributed by atoms with van der Waals surface area (Å²) in [6.07, 6.45) is 44.7. The van der Waals surface area contributed by atoms with E-state index in [9.17, 15) is 43.2 Å². The van der Waals surface area contributed by atoms with Crippen molar-refractivity contribution in [1.82, 2.24) is 0 Å². The van der Waals surface area contributed by atoms with Gasteiger partial charge in [0.15, 0.2) is 12.2 Å². The molecule has 0 saturated carbocycles. The number of hydrogen-bond acceptors (Lipinski definition) is 15. The van der Waals surface area contributed by atoms with Crippen molar-refractivity contribution in [3.8, 4) is 0 Å². The second kappa shape index (κ2) is 59.7. The van der Waals surface area contributed by atoms with Crippen LogP contribution in [0.5, 0.6) is 0 Å². The number of esters is 4. The van der Waals surface area contributed by atoms with E-state index in [0.717, 1.165) is 109 Å². The minimum Gasteiger partial charge on any atom is -0.462 e. The molecule has 0 fully saturated rings. The summed E-state index contributed by atoms with van der Waals surface area (Å²) >= 11 is 0. The summed E-state index contributed by atoms with van der Waals surface area (Å²) < 4.78 is 68.0. The summed E-state index contributed by atoms with van der Waals surface area (Å²) in [5.41, 5.74) is 0. The maximum atomic E-state index is 13.0. The molecule has 85 heavy (non-hydrogen) atoms. The first-order valence-electron chi connectivity index (χ1n) is 34.6. The van der Waals surface area contributed by atoms with Gasteiger partial charge in [0.1, 0.15) is 19.3 Å². The fraction of sp³-hybridized carbons (Fsp3) is 0.939. The van der Waals surface area contributed by atoms with Crippen LogP contribution in [0.25, 0.3) is 0 Å². The van der Waals surface area contributed by atoms with Gasteiger partial charge >= 0.3 is 39.5 Å². The van der Waals surface area contributed by atoms with Gasteiger partial charge in [0.25, 0.3) is 0 Å². The molecule has 0 aliphatic carbocycles. The topological polar surface area (TPSA) is 237 Å². The van der Waals surface area contributed by atoms with Gasteiger partial charge in [-0.3, -0.25) is 37.3 Å². The van der Waals surface area contributed by atoms with Crippen LogP contribution in [0.15, 0.2) is 0 Å². The number of hydrogen-bond donors (Lipinski definition) is 3. The number of aliphatic hydroxyl groups excluding tert-OH is 1. The molecule has 0 aromatic rings. The van der Waals surface area contributed by atoms with Crippen LogP contribution in [0, 0.1) is 5.92 Å². The van der Waals surface area contributed by atoms with Crippen LogP contribution in [0.4, 0.5) is 0 Å². The van der Waals surface area contributed by atoms with Crippen LogP contribution < -0.4 is 0 Å². The Morgan fingerprint density at radius 2 is 0.541 bits per heavy atom.